The number of benzene rings is 1. The zero-order chi connectivity index (χ0) is 16.7. The van der Waals surface area contributed by atoms with Gasteiger partial charge in [0.15, 0.2) is 5.82 Å². The van der Waals surface area contributed by atoms with Gasteiger partial charge in [0.1, 0.15) is 5.82 Å². The maximum absolute atomic E-state index is 13.9. The molecule has 1 fully saturated rings. The van der Waals surface area contributed by atoms with Crippen molar-refractivity contribution in [3.05, 3.63) is 40.9 Å². The van der Waals surface area contributed by atoms with Crippen LogP contribution in [0.5, 0.6) is 0 Å². The van der Waals surface area contributed by atoms with E-state index in [1.807, 2.05) is 11.0 Å². The molecule has 7 nitrogen and oxygen atoms in total. The van der Waals surface area contributed by atoms with Crippen LogP contribution in [0.15, 0.2) is 24.3 Å². The Labute approximate surface area is 141 Å². The van der Waals surface area contributed by atoms with Crippen LogP contribution in [0.1, 0.15) is 15.6 Å². The molecule has 3 heterocycles. The summed E-state index contributed by atoms with van der Waals surface area (Å²) in [6.07, 6.45) is 0. The van der Waals surface area contributed by atoms with Gasteiger partial charge >= 0.3 is 0 Å². The molecule has 0 N–H and O–H groups in total. The van der Waals surface area contributed by atoms with Crippen molar-refractivity contribution < 1.29 is 9.18 Å². The molecule has 0 saturated carbocycles. The molecule has 0 radical (unpaired) electrons. The molecule has 0 bridgehead atoms. The molecule has 9 heteroatoms. The van der Waals surface area contributed by atoms with Gasteiger partial charge in [0.2, 0.25) is 9.97 Å². The van der Waals surface area contributed by atoms with E-state index in [9.17, 15) is 9.18 Å². The molecule has 0 aliphatic carbocycles. The number of aromatic nitrogens is 4. The van der Waals surface area contributed by atoms with Crippen molar-refractivity contribution in [1.29, 1.82) is 0 Å². The molecule has 0 unspecified atom stereocenters. The van der Waals surface area contributed by atoms with E-state index in [4.69, 9.17) is 0 Å². The number of hydrogen-bond donors (Lipinski definition) is 0. The van der Waals surface area contributed by atoms with E-state index in [1.54, 1.807) is 28.5 Å². The third-order valence-electron chi connectivity index (χ3n) is 4.09. The average molecular weight is 346 g/mol. The summed E-state index contributed by atoms with van der Waals surface area (Å²) in [4.78, 5) is 16.9. The second-order valence-electron chi connectivity index (χ2n) is 5.58. The van der Waals surface area contributed by atoms with Crippen molar-refractivity contribution >= 4 is 27.9 Å². The van der Waals surface area contributed by atoms with Crippen LogP contribution in [0.2, 0.25) is 0 Å². The number of rotatable bonds is 2. The van der Waals surface area contributed by atoms with Crippen LogP contribution < -0.4 is 4.90 Å². The Balaban J connectivity index is 1.47. The summed E-state index contributed by atoms with van der Waals surface area (Å²) in [6.45, 7) is 4.05. The van der Waals surface area contributed by atoms with Crippen LogP contribution >= 0.6 is 11.3 Å². The molecule has 1 aliphatic heterocycles. The molecule has 1 aliphatic rings. The van der Waals surface area contributed by atoms with Crippen LogP contribution in [0.3, 0.4) is 0 Å². The molecule has 4 rings (SSSR count). The van der Waals surface area contributed by atoms with Gasteiger partial charge < -0.3 is 9.80 Å². The molecule has 2 aromatic heterocycles. The summed E-state index contributed by atoms with van der Waals surface area (Å²) >= 11 is 1.23. The molecule has 1 aromatic carbocycles. The lowest BCUT2D eigenvalue weighted by molar-refractivity contribution is 0.0745. The SMILES string of the molecule is Cc1nnc2sc(C(=O)N3CCN(c4ccccc4F)CC3)nn12. The number of anilines is 1. The number of nitrogens with zero attached hydrogens (tertiary/aromatic N) is 6. The monoisotopic (exact) mass is 346 g/mol. The molecule has 24 heavy (non-hydrogen) atoms. The molecule has 1 amide bonds. The summed E-state index contributed by atoms with van der Waals surface area (Å²) in [6, 6.07) is 6.71. The van der Waals surface area contributed by atoms with Crippen LogP contribution in [-0.4, -0.2) is 56.8 Å². The van der Waals surface area contributed by atoms with Crippen molar-refractivity contribution in [2.45, 2.75) is 6.92 Å². The highest BCUT2D eigenvalue weighted by atomic mass is 32.1. The average Bonchev–Trinajstić information content (AvgIpc) is 3.17. The summed E-state index contributed by atoms with van der Waals surface area (Å²) in [5.41, 5.74) is 0.582. The first-order chi connectivity index (χ1) is 11.6. The first-order valence-corrected chi connectivity index (χ1v) is 8.43. The third kappa shape index (κ3) is 2.50. The fourth-order valence-corrected chi connectivity index (χ4v) is 3.65. The van der Waals surface area contributed by atoms with Crippen LogP contribution in [0, 0.1) is 12.7 Å². The number of aryl methyl sites for hydroxylation is 1. The van der Waals surface area contributed by atoms with Gasteiger partial charge in [0, 0.05) is 26.2 Å². The lowest BCUT2D eigenvalue weighted by Crippen LogP contribution is -2.49. The number of piperazine rings is 1. The third-order valence-corrected chi connectivity index (χ3v) is 4.98. The van der Waals surface area contributed by atoms with Crippen molar-refractivity contribution in [2.75, 3.05) is 31.1 Å². The zero-order valence-corrected chi connectivity index (χ0v) is 13.8. The van der Waals surface area contributed by atoms with Crippen LogP contribution in [0.25, 0.3) is 4.96 Å². The smallest absolute Gasteiger partial charge is 0.284 e. The molecule has 1 saturated heterocycles. The highest BCUT2D eigenvalue weighted by molar-refractivity contribution is 7.18. The normalized spacial score (nSPS) is 15.2. The van der Waals surface area contributed by atoms with Gasteiger partial charge in [-0.2, -0.15) is 4.52 Å². The van der Waals surface area contributed by atoms with Gasteiger partial charge in [-0.25, -0.2) is 4.39 Å². The van der Waals surface area contributed by atoms with E-state index in [2.05, 4.69) is 15.3 Å². The minimum Gasteiger partial charge on any atom is -0.366 e. The number of fused-ring (bicyclic) bond motifs is 1. The number of carbonyl (C=O) groups is 1. The van der Waals surface area contributed by atoms with E-state index in [-0.39, 0.29) is 11.7 Å². The van der Waals surface area contributed by atoms with Gasteiger partial charge in [-0.3, -0.25) is 4.79 Å². The Morgan fingerprint density at radius 3 is 2.62 bits per heavy atom. The quantitative estimate of drug-likeness (QED) is 0.705. The Hall–Kier alpha value is -2.55. The molecular weight excluding hydrogens is 331 g/mol. The van der Waals surface area contributed by atoms with Gasteiger partial charge in [-0.05, 0) is 19.1 Å². The topological polar surface area (TPSA) is 66.6 Å². The summed E-state index contributed by atoms with van der Waals surface area (Å²) in [7, 11) is 0. The first kappa shape index (κ1) is 15.0. The molecular formula is C15H15FN6OS. The lowest BCUT2D eigenvalue weighted by Gasteiger charge is -2.35. The van der Waals surface area contributed by atoms with Gasteiger partial charge in [0.05, 0.1) is 5.69 Å². The van der Waals surface area contributed by atoms with Crippen LogP contribution in [0.4, 0.5) is 10.1 Å². The standard InChI is InChI=1S/C15H15FN6OS/c1-10-17-18-15-22(10)19-13(24-15)14(23)21-8-6-20(7-9-21)12-5-3-2-4-11(12)16/h2-5H,6-9H2,1H3. The Morgan fingerprint density at radius 1 is 1.17 bits per heavy atom. The summed E-state index contributed by atoms with van der Waals surface area (Å²) in [5.74, 6) is 0.309. The minimum atomic E-state index is -0.235. The number of carbonyl (C=O) groups excluding carboxylic acids is 1. The largest absolute Gasteiger partial charge is 0.366 e. The second-order valence-corrected chi connectivity index (χ2v) is 6.54. The van der Waals surface area contributed by atoms with E-state index < -0.39 is 0 Å². The molecule has 124 valence electrons. The van der Waals surface area contributed by atoms with Crippen molar-refractivity contribution in [2.24, 2.45) is 0 Å². The van der Waals surface area contributed by atoms with Crippen molar-refractivity contribution in [1.82, 2.24) is 24.7 Å². The van der Waals surface area contributed by atoms with Crippen molar-refractivity contribution in [3.63, 3.8) is 0 Å². The predicted molar refractivity (Wildman–Crippen MR) is 87.9 cm³/mol. The van der Waals surface area contributed by atoms with E-state index >= 15 is 0 Å². The Morgan fingerprint density at radius 2 is 1.92 bits per heavy atom. The predicted octanol–water partition coefficient (Wildman–Crippen LogP) is 1.60. The second kappa shape index (κ2) is 5.82. The van der Waals surface area contributed by atoms with Gasteiger partial charge in [0.25, 0.3) is 5.91 Å². The van der Waals surface area contributed by atoms with E-state index in [1.165, 1.54) is 17.4 Å². The molecule has 0 atom stereocenters. The fourth-order valence-electron chi connectivity index (χ4n) is 2.80. The zero-order valence-electron chi connectivity index (χ0n) is 13.0. The maximum Gasteiger partial charge on any atom is 0.284 e. The van der Waals surface area contributed by atoms with E-state index in [0.717, 1.165) is 0 Å². The van der Waals surface area contributed by atoms with Gasteiger partial charge in [-0.1, -0.05) is 23.5 Å². The van der Waals surface area contributed by atoms with Crippen LogP contribution in [-0.2, 0) is 0 Å². The lowest BCUT2D eigenvalue weighted by atomic mass is 10.2. The first-order valence-electron chi connectivity index (χ1n) is 7.61. The maximum atomic E-state index is 13.9. The highest BCUT2D eigenvalue weighted by Crippen LogP contribution is 2.21. The number of hydrogen-bond acceptors (Lipinski definition) is 6. The van der Waals surface area contributed by atoms with E-state index in [0.29, 0.717) is 47.7 Å². The number of para-hydroxylation sites is 1. The summed E-state index contributed by atoms with van der Waals surface area (Å²) < 4.78 is 15.4. The fraction of sp³-hybridized carbons (Fsp3) is 0.333. The van der Waals surface area contributed by atoms with Gasteiger partial charge in [-0.15, -0.1) is 15.3 Å². The van der Waals surface area contributed by atoms with Crippen molar-refractivity contribution in [3.8, 4) is 0 Å². The summed E-state index contributed by atoms with van der Waals surface area (Å²) in [5, 5.41) is 12.6. The Bertz CT molecular complexity index is 898. The molecule has 0 spiro atoms. The number of halogens is 1. The number of amides is 1. The highest BCUT2D eigenvalue weighted by Gasteiger charge is 2.26. The minimum absolute atomic E-state index is 0.113. The Kier molecular flexibility index (Phi) is 3.64. The molecule has 3 aromatic rings.